The van der Waals surface area contributed by atoms with Crippen molar-refractivity contribution in [2.75, 3.05) is 0 Å². The quantitative estimate of drug-likeness (QED) is 0.275. The molecule has 0 bridgehead atoms. The first-order chi connectivity index (χ1) is 3.12. The van der Waals surface area contributed by atoms with Gasteiger partial charge in [0, 0.05) is 6.42 Å². The monoisotopic (exact) mass is 106 g/mol. The molecular formula is C3H6O4. The highest BCUT2D eigenvalue weighted by molar-refractivity contribution is 4.47. The zero-order valence-corrected chi connectivity index (χ0v) is 3.63. The molecule has 4 nitrogen and oxygen atoms in total. The Labute approximate surface area is 40.9 Å². The third-order valence-electron chi connectivity index (χ3n) is 0.459. The molecule has 0 saturated carbocycles. The lowest BCUT2D eigenvalue weighted by atomic mass is 10.4. The summed E-state index contributed by atoms with van der Waals surface area (Å²) < 4.78 is 0. The van der Waals surface area contributed by atoms with Gasteiger partial charge in [0.2, 0.25) is 0 Å². The Kier molecular flexibility index (Phi) is 2.17. The minimum Gasteiger partial charge on any atom is -0.342 e. The van der Waals surface area contributed by atoms with Gasteiger partial charge in [-0.3, -0.25) is 0 Å². The van der Waals surface area contributed by atoms with Gasteiger partial charge < -0.3 is 10.2 Å². The Balaban J connectivity index is 3.36. The van der Waals surface area contributed by atoms with Crippen LogP contribution >= 0.6 is 0 Å². The lowest BCUT2D eigenvalue weighted by molar-refractivity contribution is -0.498. The largest absolute Gasteiger partial charge is 0.342 e. The molecule has 0 fully saturated rings. The maximum absolute atomic E-state index is 9.14. The molecule has 0 unspecified atom stereocenters. The molecule has 0 aromatic heterocycles. The van der Waals surface area contributed by atoms with E-state index in [-0.39, 0.29) is 6.42 Å². The van der Waals surface area contributed by atoms with Gasteiger partial charge in [0.25, 0.3) is 0 Å². The van der Waals surface area contributed by atoms with Gasteiger partial charge in [0.1, 0.15) is 0 Å². The smallest absolute Gasteiger partial charge is 0.310 e. The molecule has 0 aliphatic heterocycles. The van der Waals surface area contributed by atoms with Crippen LogP contribution in [0.3, 0.4) is 0 Å². The molecule has 0 rings (SSSR count). The van der Waals surface area contributed by atoms with E-state index in [4.69, 9.17) is 15.5 Å². The topological polar surface area (TPSA) is 69.6 Å². The summed E-state index contributed by atoms with van der Waals surface area (Å²) in [7, 11) is 0. The van der Waals surface area contributed by atoms with E-state index in [0.717, 1.165) is 0 Å². The summed E-state index contributed by atoms with van der Waals surface area (Å²) in [6, 6.07) is 0. The van der Waals surface area contributed by atoms with E-state index in [0.29, 0.717) is 0 Å². The van der Waals surface area contributed by atoms with Crippen molar-refractivity contribution in [2.24, 2.45) is 0 Å². The van der Waals surface area contributed by atoms with Crippen molar-refractivity contribution in [2.45, 2.75) is 12.4 Å². The first-order valence-corrected chi connectivity index (χ1v) is 1.67. The Morgan fingerprint density at radius 1 is 1.71 bits per heavy atom. The van der Waals surface area contributed by atoms with Gasteiger partial charge in [-0.2, -0.15) is 0 Å². The number of aliphatic hydroxyl groups is 2. The van der Waals surface area contributed by atoms with Crippen molar-refractivity contribution in [3.05, 3.63) is 6.92 Å². The molecule has 2 N–H and O–H groups in total. The molecule has 0 saturated heterocycles. The molecule has 0 atom stereocenters. The summed E-state index contributed by atoms with van der Waals surface area (Å²) in [6.45, 7) is 3.00. The number of rotatable bonds is 2. The van der Waals surface area contributed by atoms with E-state index >= 15 is 0 Å². The van der Waals surface area contributed by atoms with Crippen molar-refractivity contribution >= 4 is 0 Å². The fraction of sp³-hybridized carbons (Fsp3) is 0.667. The third kappa shape index (κ3) is 2.52. The van der Waals surface area contributed by atoms with Crippen molar-refractivity contribution in [3.8, 4) is 0 Å². The van der Waals surface area contributed by atoms with E-state index < -0.39 is 5.97 Å². The van der Waals surface area contributed by atoms with Crippen molar-refractivity contribution in [1.82, 2.24) is 0 Å². The first-order valence-electron chi connectivity index (χ1n) is 1.67. The number of hydrogen-bond donors (Lipinski definition) is 2. The highest BCUT2D eigenvalue weighted by atomic mass is 17.2. The molecule has 42 valence electrons. The van der Waals surface area contributed by atoms with E-state index in [1.54, 1.807) is 0 Å². The average molecular weight is 106 g/mol. The molecule has 7 heavy (non-hydrogen) atoms. The fourth-order valence-corrected chi connectivity index (χ4v) is 0.0417. The van der Waals surface area contributed by atoms with Crippen LogP contribution in [0.2, 0.25) is 0 Å². The van der Waals surface area contributed by atoms with Crippen LogP contribution in [0.15, 0.2) is 0 Å². The Morgan fingerprint density at radius 3 is 2.14 bits per heavy atom. The molecule has 0 amide bonds. The van der Waals surface area contributed by atoms with Crippen LogP contribution in [0.1, 0.15) is 6.42 Å². The molecule has 4 heteroatoms. The lowest BCUT2D eigenvalue weighted by Gasteiger charge is -2.10. The Bertz CT molecular complexity index is 44.9. The highest BCUT2D eigenvalue weighted by Crippen LogP contribution is 2.02. The minimum absolute atomic E-state index is 0.378. The summed E-state index contributed by atoms with van der Waals surface area (Å²) in [6.07, 6.45) is -0.378. The van der Waals surface area contributed by atoms with Gasteiger partial charge in [-0.25, -0.2) is 0 Å². The van der Waals surface area contributed by atoms with Crippen LogP contribution in [0, 0.1) is 6.92 Å². The molecule has 0 aromatic carbocycles. The normalized spacial score (nSPS) is 12.0. The standard InChI is InChI=1S/C3H6O4/c1-2-3(4,5)7-6/h4-5H,1-2H2. The molecule has 0 aliphatic carbocycles. The predicted octanol–water partition coefficient (Wildman–Crippen LogP) is -0.789. The van der Waals surface area contributed by atoms with Crippen molar-refractivity contribution in [1.29, 1.82) is 0 Å². The average Bonchev–Trinajstić information content (AvgIpc) is 1.68. The van der Waals surface area contributed by atoms with Crippen LogP contribution in [0.4, 0.5) is 0 Å². The summed E-state index contributed by atoms with van der Waals surface area (Å²) in [5.41, 5.74) is 0. The molecular weight excluding hydrogens is 100 g/mol. The maximum Gasteiger partial charge on any atom is 0.310 e. The van der Waals surface area contributed by atoms with Crippen LogP contribution in [0.25, 0.3) is 0 Å². The van der Waals surface area contributed by atoms with Crippen molar-refractivity contribution in [3.63, 3.8) is 0 Å². The van der Waals surface area contributed by atoms with Crippen LogP contribution in [-0.2, 0) is 10.1 Å². The predicted molar refractivity (Wildman–Crippen MR) is 18.9 cm³/mol. The minimum atomic E-state index is -2.58. The fourth-order valence-electron chi connectivity index (χ4n) is 0.0417. The number of hydrogen-bond acceptors (Lipinski definition) is 3. The maximum atomic E-state index is 9.14. The third-order valence-corrected chi connectivity index (χ3v) is 0.459. The highest BCUT2D eigenvalue weighted by Gasteiger charge is 2.21. The second kappa shape index (κ2) is 2.23. The summed E-state index contributed by atoms with van der Waals surface area (Å²) in [5.74, 6) is -2.58. The second-order valence-corrected chi connectivity index (χ2v) is 1.08. The summed E-state index contributed by atoms with van der Waals surface area (Å²) >= 11 is 0. The summed E-state index contributed by atoms with van der Waals surface area (Å²) in [4.78, 5) is 2.89. The molecule has 2 radical (unpaired) electrons. The van der Waals surface area contributed by atoms with Gasteiger partial charge in [-0.15, -0.1) is 4.89 Å². The van der Waals surface area contributed by atoms with Crippen LogP contribution < -0.4 is 0 Å². The zero-order valence-electron chi connectivity index (χ0n) is 3.63. The Hall–Kier alpha value is -0.160. The Morgan fingerprint density at radius 2 is 2.14 bits per heavy atom. The van der Waals surface area contributed by atoms with E-state index in [1.807, 2.05) is 0 Å². The van der Waals surface area contributed by atoms with E-state index in [1.165, 1.54) is 0 Å². The van der Waals surface area contributed by atoms with Crippen molar-refractivity contribution < 1.29 is 20.4 Å². The molecule has 0 heterocycles. The van der Waals surface area contributed by atoms with Crippen LogP contribution in [0.5, 0.6) is 0 Å². The molecule has 0 aliphatic rings. The molecule has 0 aromatic rings. The second-order valence-electron chi connectivity index (χ2n) is 1.08. The zero-order chi connectivity index (χ0) is 5.91. The lowest BCUT2D eigenvalue weighted by Crippen LogP contribution is -2.28. The van der Waals surface area contributed by atoms with Gasteiger partial charge in [0.15, 0.2) is 0 Å². The van der Waals surface area contributed by atoms with Crippen LogP contribution in [-0.4, -0.2) is 16.2 Å². The van der Waals surface area contributed by atoms with Gasteiger partial charge >= 0.3 is 5.97 Å². The van der Waals surface area contributed by atoms with E-state index in [2.05, 4.69) is 11.8 Å². The first kappa shape index (κ1) is 6.84. The van der Waals surface area contributed by atoms with Gasteiger partial charge in [-0.1, -0.05) is 0 Å². The van der Waals surface area contributed by atoms with Gasteiger partial charge in [-0.05, 0) is 12.2 Å². The van der Waals surface area contributed by atoms with Gasteiger partial charge in [0.05, 0.1) is 0 Å². The van der Waals surface area contributed by atoms with E-state index in [9.17, 15) is 0 Å². The summed E-state index contributed by atoms with van der Waals surface area (Å²) in [5, 5.41) is 25.3. The molecule has 0 spiro atoms. The SMILES string of the molecule is [CH2]CC(O)(O)O[O].